The lowest BCUT2D eigenvalue weighted by molar-refractivity contribution is 0.00901. The fraction of sp³-hybridized carbons (Fsp3) is 0.500. The van der Waals surface area contributed by atoms with Crippen molar-refractivity contribution in [3.05, 3.63) is 23.1 Å². The van der Waals surface area contributed by atoms with Gasteiger partial charge in [0.25, 0.3) is 0 Å². The van der Waals surface area contributed by atoms with E-state index >= 15 is 4.39 Å². The van der Waals surface area contributed by atoms with Gasteiger partial charge in [0, 0.05) is 17.5 Å². The summed E-state index contributed by atoms with van der Waals surface area (Å²) in [5.74, 6) is 0.370. The first kappa shape index (κ1) is 15.2. The van der Waals surface area contributed by atoms with Crippen LogP contribution < -0.4 is 0 Å². The Balaban J connectivity index is 1.84. The van der Waals surface area contributed by atoms with E-state index in [0.29, 0.717) is 35.0 Å². The molecule has 2 aliphatic heterocycles. The van der Waals surface area contributed by atoms with Gasteiger partial charge in [0.2, 0.25) is 0 Å². The first-order valence-corrected chi connectivity index (χ1v) is 8.07. The molecule has 3 aliphatic rings. The highest BCUT2D eigenvalue weighted by Crippen LogP contribution is 2.46. The quantitative estimate of drug-likeness (QED) is 0.753. The van der Waals surface area contributed by atoms with E-state index in [2.05, 4.69) is 30.4 Å². The van der Waals surface area contributed by atoms with Crippen molar-refractivity contribution in [2.45, 2.75) is 51.4 Å². The van der Waals surface area contributed by atoms with Crippen LogP contribution in [0.3, 0.4) is 0 Å². The Morgan fingerprint density at radius 1 is 1.25 bits per heavy atom. The van der Waals surface area contributed by atoms with E-state index in [0.717, 1.165) is 12.1 Å². The van der Waals surface area contributed by atoms with Gasteiger partial charge in [-0.2, -0.15) is 0 Å². The summed E-state index contributed by atoms with van der Waals surface area (Å²) in [6, 6.07) is 0. The largest absolute Gasteiger partial charge is 0.354 e. The van der Waals surface area contributed by atoms with Crippen LogP contribution in [-0.2, 0) is 5.67 Å². The van der Waals surface area contributed by atoms with Crippen LogP contribution in [0.2, 0.25) is 0 Å². The van der Waals surface area contributed by atoms with E-state index < -0.39 is 11.8 Å². The predicted molar refractivity (Wildman–Crippen MR) is 84.0 cm³/mol. The molecule has 1 fully saturated rings. The smallest absolute Gasteiger partial charge is 0.177 e. The molecular weight excluding hydrogens is 314 g/mol. The Morgan fingerprint density at radius 2 is 2.08 bits per heavy atom. The van der Waals surface area contributed by atoms with Crippen molar-refractivity contribution in [2.75, 3.05) is 0 Å². The maximum Gasteiger partial charge on any atom is 0.177 e. The van der Waals surface area contributed by atoms with Gasteiger partial charge < -0.3 is 4.98 Å². The highest BCUT2D eigenvalue weighted by atomic mass is 19.2. The number of hydrogen-bond donors (Lipinski definition) is 2. The third kappa shape index (κ3) is 2.12. The number of aromatic amines is 2. The molecule has 4 rings (SSSR count). The molecule has 24 heavy (non-hydrogen) atoms. The first-order valence-electron chi connectivity index (χ1n) is 8.07. The number of halogens is 2. The maximum atomic E-state index is 15.3. The molecule has 1 aliphatic carbocycles. The van der Waals surface area contributed by atoms with Gasteiger partial charge in [-0.1, -0.05) is 11.6 Å². The van der Waals surface area contributed by atoms with Crippen molar-refractivity contribution in [1.82, 2.24) is 30.4 Å². The molecule has 1 aromatic heterocycles. The van der Waals surface area contributed by atoms with Gasteiger partial charge in [-0.25, -0.2) is 18.7 Å². The number of hydrogen-bond acceptors (Lipinski definition) is 4. The fourth-order valence-electron chi connectivity index (χ4n) is 3.48. The molecule has 8 heteroatoms. The third-order valence-electron chi connectivity index (χ3n) is 4.85. The zero-order valence-corrected chi connectivity index (χ0v) is 13.5. The summed E-state index contributed by atoms with van der Waals surface area (Å²) in [5, 5.41) is 10.5. The second kappa shape index (κ2) is 5.32. The standard InChI is InChI=1S/C16H18F2N6/c1-8-12(13-9(2)22-24-23-13)21-15-14(20-8)10(7-19-15)16(18)6-4-3-5-11(16)17/h7,11,20H,3-6H2,1-2H3,(H,22,23,24). The predicted octanol–water partition coefficient (Wildman–Crippen LogP) is 3.39. The molecule has 3 heterocycles. The highest BCUT2D eigenvalue weighted by Gasteiger charge is 2.46. The number of aromatic nitrogens is 6. The van der Waals surface area contributed by atoms with Crippen molar-refractivity contribution in [3.63, 3.8) is 0 Å². The molecule has 2 atom stereocenters. The zero-order chi connectivity index (χ0) is 16.9. The van der Waals surface area contributed by atoms with E-state index in [1.54, 1.807) is 0 Å². The van der Waals surface area contributed by atoms with Crippen LogP contribution in [0.15, 0.2) is 6.20 Å². The second-order valence-electron chi connectivity index (χ2n) is 6.43. The molecule has 0 saturated heterocycles. The Kier molecular flexibility index (Phi) is 3.36. The molecule has 0 spiro atoms. The molecular formula is C16H18F2N6. The van der Waals surface area contributed by atoms with Crippen molar-refractivity contribution in [3.8, 4) is 22.9 Å². The van der Waals surface area contributed by atoms with E-state index in [1.807, 2.05) is 13.8 Å². The minimum atomic E-state index is -2.00. The fourth-order valence-corrected chi connectivity index (χ4v) is 3.48. The number of nitrogens with one attached hydrogen (secondary N) is 2. The Hall–Kier alpha value is -2.38. The van der Waals surface area contributed by atoms with Crippen LogP contribution in [0.1, 0.15) is 42.6 Å². The summed E-state index contributed by atoms with van der Waals surface area (Å²) in [5.41, 5.74) is 1.49. The summed E-state index contributed by atoms with van der Waals surface area (Å²) >= 11 is 0. The molecule has 6 nitrogen and oxygen atoms in total. The van der Waals surface area contributed by atoms with Crippen molar-refractivity contribution in [1.29, 1.82) is 0 Å². The monoisotopic (exact) mass is 332 g/mol. The SMILES string of the molecule is Cc1nn[nH]c1-c1nc2ncc(C3(F)CCCCC3F)c-2[nH]c1C. The minimum absolute atomic E-state index is 0.174. The minimum Gasteiger partial charge on any atom is -0.354 e. The third-order valence-corrected chi connectivity index (χ3v) is 4.85. The number of rotatable bonds is 2. The number of fused-ring (bicyclic) bond motifs is 1. The summed E-state index contributed by atoms with van der Waals surface area (Å²) in [6.07, 6.45) is 1.71. The van der Waals surface area contributed by atoms with Crippen LogP contribution in [0.25, 0.3) is 22.9 Å². The Bertz CT molecular complexity index is 856. The Morgan fingerprint density at radius 3 is 2.79 bits per heavy atom. The normalized spacial score (nSPS) is 24.6. The summed E-state index contributed by atoms with van der Waals surface area (Å²) in [4.78, 5) is 11.9. The number of H-pyrrole nitrogens is 2. The van der Waals surface area contributed by atoms with E-state index in [4.69, 9.17) is 0 Å². The molecule has 1 aromatic rings. The second-order valence-corrected chi connectivity index (χ2v) is 6.43. The lowest BCUT2D eigenvalue weighted by Gasteiger charge is -2.32. The van der Waals surface area contributed by atoms with Crippen molar-refractivity contribution in [2.24, 2.45) is 0 Å². The molecule has 2 N–H and O–H groups in total. The maximum absolute atomic E-state index is 15.3. The van der Waals surface area contributed by atoms with Gasteiger partial charge in [-0.3, -0.25) is 5.10 Å². The van der Waals surface area contributed by atoms with Gasteiger partial charge in [0.1, 0.15) is 17.6 Å². The Labute approximate surface area is 137 Å². The van der Waals surface area contributed by atoms with Crippen LogP contribution in [0.4, 0.5) is 8.78 Å². The topological polar surface area (TPSA) is 83.1 Å². The molecule has 2 unspecified atom stereocenters. The van der Waals surface area contributed by atoms with Crippen LogP contribution in [-0.4, -0.2) is 36.5 Å². The molecule has 0 bridgehead atoms. The van der Waals surface area contributed by atoms with Gasteiger partial charge in [-0.15, -0.1) is 5.10 Å². The van der Waals surface area contributed by atoms with E-state index in [1.165, 1.54) is 6.20 Å². The summed E-state index contributed by atoms with van der Waals surface area (Å²) in [7, 11) is 0. The average molecular weight is 332 g/mol. The summed E-state index contributed by atoms with van der Waals surface area (Å²) in [6.45, 7) is 3.65. The van der Waals surface area contributed by atoms with Crippen molar-refractivity contribution < 1.29 is 8.78 Å². The molecule has 0 radical (unpaired) electrons. The highest BCUT2D eigenvalue weighted by molar-refractivity contribution is 5.67. The van der Waals surface area contributed by atoms with E-state index in [9.17, 15) is 4.39 Å². The number of nitrogens with zero attached hydrogens (tertiary/aromatic N) is 4. The lowest BCUT2D eigenvalue weighted by Crippen LogP contribution is -2.35. The summed E-state index contributed by atoms with van der Waals surface area (Å²) < 4.78 is 29.7. The molecule has 126 valence electrons. The number of aryl methyl sites for hydroxylation is 2. The van der Waals surface area contributed by atoms with E-state index in [-0.39, 0.29) is 18.4 Å². The lowest BCUT2D eigenvalue weighted by atomic mass is 9.80. The molecule has 0 aromatic carbocycles. The molecule has 0 amide bonds. The van der Waals surface area contributed by atoms with Crippen LogP contribution in [0.5, 0.6) is 0 Å². The van der Waals surface area contributed by atoms with Crippen molar-refractivity contribution >= 4 is 0 Å². The zero-order valence-electron chi connectivity index (χ0n) is 13.5. The average Bonchev–Trinajstić information content (AvgIpc) is 3.15. The van der Waals surface area contributed by atoms with Crippen LogP contribution in [0, 0.1) is 13.8 Å². The van der Waals surface area contributed by atoms with Gasteiger partial charge in [-0.05, 0) is 33.1 Å². The van der Waals surface area contributed by atoms with Crippen LogP contribution >= 0.6 is 0 Å². The van der Waals surface area contributed by atoms with Gasteiger partial charge in [0.15, 0.2) is 11.5 Å². The number of alkyl halides is 2. The molecule has 1 saturated carbocycles. The van der Waals surface area contributed by atoms with Gasteiger partial charge >= 0.3 is 0 Å². The van der Waals surface area contributed by atoms with Gasteiger partial charge in [0.05, 0.1) is 11.4 Å². The first-order chi connectivity index (χ1) is 11.5.